The average molecular weight is 422 g/mol. The highest BCUT2D eigenvalue weighted by atomic mass is 32.2. The number of benzene rings is 2. The largest absolute Gasteiger partial charge is 0.348 e. The zero-order valence-electron chi connectivity index (χ0n) is 16.9. The lowest BCUT2D eigenvalue weighted by molar-refractivity contribution is 0.0951. The minimum Gasteiger partial charge on any atom is -0.348 e. The number of hydrogen-bond donors (Lipinski definition) is 1. The van der Waals surface area contributed by atoms with E-state index in [1.54, 1.807) is 54.9 Å². The number of carbonyl (C=O) groups excluding carboxylic acids is 1. The monoisotopic (exact) mass is 421 g/mol. The third-order valence-electron chi connectivity index (χ3n) is 5.25. The van der Waals surface area contributed by atoms with Crippen LogP contribution in [0, 0.1) is 6.92 Å². The number of sulfonamides is 1. The fraction of sp³-hybridized carbons (Fsp3) is 0.217. The molecule has 4 rings (SSSR count). The molecule has 1 aliphatic heterocycles. The van der Waals surface area contributed by atoms with Gasteiger partial charge >= 0.3 is 0 Å². The maximum absolute atomic E-state index is 13.2. The van der Waals surface area contributed by atoms with Gasteiger partial charge in [0.05, 0.1) is 10.6 Å². The molecule has 0 radical (unpaired) electrons. The van der Waals surface area contributed by atoms with Crippen LogP contribution in [0.25, 0.3) is 0 Å². The van der Waals surface area contributed by atoms with Crippen molar-refractivity contribution in [2.75, 3.05) is 4.31 Å². The third kappa shape index (κ3) is 3.80. The molecule has 0 unspecified atom stereocenters. The Bertz CT molecular complexity index is 1180. The summed E-state index contributed by atoms with van der Waals surface area (Å²) in [4.78, 5) is 16.9. The van der Waals surface area contributed by atoms with Crippen molar-refractivity contribution >= 4 is 21.6 Å². The van der Waals surface area contributed by atoms with Gasteiger partial charge in [-0.2, -0.15) is 0 Å². The molecule has 1 aromatic heterocycles. The van der Waals surface area contributed by atoms with Crippen molar-refractivity contribution in [3.05, 3.63) is 89.2 Å². The quantitative estimate of drug-likeness (QED) is 0.684. The highest BCUT2D eigenvalue weighted by Crippen LogP contribution is 2.37. The van der Waals surface area contributed by atoms with Gasteiger partial charge in [-0.1, -0.05) is 23.8 Å². The first kappa shape index (κ1) is 20.1. The summed E-state index contributed by atoms with van der Waals surface area (Å²) in [5.74, 6) is -0.200. The van der Waals surface area contributed by atoms with E-state index in [9.17, 15) is 13.2 Å². The first-order valence-electron chi connectivity index (χ1n) is 9.77. The molecule has 154 valence electrons. The van der Waals surface area contributed by atoms with Crippen LogP contribution in [0.2, 0.25) is 0 Å². The van der Waals surface area contributed by atoms with E-state index in [0.717, 1.165) is 16.7 Å². The number of aryl methyl sites for hydroxylation is 1. The minimum atomic E-state index is -3.67. The molecule has 3 aromatic rings. The van der Waals surface area contributed by atoms with E-state index in [1.807, 2.05) is 26.0 Å². The summed E-state index contributed by atoms with van der Waals surface area (Å²) in [6, 6.07) is 15.5. The lowest BCUT2D eigenvalue weighted by Crippen LogP contribution is -2.35. The van der Waals surface area contributed by atoms with Gasteiger partial charge in [-0.25, -0.2) is 8.42 Å². The van der Waals surface area contributed by atoms with Crippen molar-refractivity contribution in [2.45, 2.75) is 37.8 Å². The summed E-state index contributed by atoms with van der Waals surface area (Å²) in [5, 5.41) is 2.88. The topological polar surface area (TPSA) is 79.4 Å². The summed E-state index contributed by atoms with van der Waals surface area (Å²) in [7, 11) is -3.67. The summed E-state index contributed by atoms with van der Waals surface area (Å²) in [6.07, 6.45) is 3.95. The van der Waals surface area contributed by atoms with Crippen molar-refractivity contribution in [3.63, 3.8) is 0 Å². The number of nitrogens with one attached hydrogen (secondary N) is 1. The molecule has 6 nitrogen and oxygen atoms in total. The number of anilines is 1. The van der Waals surface area contributed by atoms with E-state index in [4.69, 9.17) is 0 Å². The van der Waals surface area contributed by atoms with Crippen molar-refractivity contribution < 1.29 is 13.2 Å². The maximum atomic E-state index is 13.2. The number of amides is 1. The summed E-state index contributed by atoms with van der Waals surface area (Å²) in [6.45, 7) is 4.19. The number of pyridine rings is 1. The van der Waals surface area contributed by atoms with Crippen LogP contribution in [0.1, 0.15) is 34.0 Å². The van der Waals surface area contributed by atoms with Crippen LogP contribution in [0.4, 0.5) is 5.69 Å². The van der Waals surface area contributed by atoms with E-state index in [-0.39, 0.29) is 16.8 Å². The van der Waals surface area contributed by atoms with Gasteiger partial charge in [-0.15, -0.1) is 0 Å². The molecule has 0 saturated carbocycles. The first-order chi connectivity index (χ1) is 14.4. The van der Waals surface area contributed by atoms with E-state index < -0.39 is 10.0 Å². The van der Waals surface area contributed by atoms with Gasteiger partial charge in [0.1, 0.15) is 0 Å². The molecule has 30 heavy (non-hydrogen) atoms. The summed E-state index contributed by atoms with van der Waals surface area (Å²) in [5.41, 5.74) is 3.92. The normalized spacial score (nSPS) is 15.7. The molecule has 0 aliphatic carbocycles. The number of aromatic nitrogens is 1. The number of rotatable bonds is 5. The molecule has 0 bridgehead atoms. The van der Waals surface area contributed by atoms with Gasteiger partial charge in [0.15, 0.2) is 0 Å². The maximum Gasteiger partial charge on any atom is 0.264 e. The van der Waals surface area contributed by atoms with Crippen LogP contribution in [-0.2, 0) is 23.0 Å². The van der Waals surface area contributed by atoms with Crippen LogP contribution in [0.3, 0.4) is 0 Å². The Kier molecular flexibility index (Phi) is 5.30. The smallest absolute Gasteiger partial charge is 0.264 e. The van der Waals surface area contributed by atoms with Crippen LogP contribution in [-0.4, -0.2) is 25.4 Å². The fourth-order valence-electron chi connectivity index (χ4n) is 3.72. The SMILES string of the molecule is Cc1ccc(S(=O)(=O)N2c3ccc(C(=O)NCc4cccnc4)cc3C[C@@H]2C)cc1. The zero-order chi connectivity index (χ0) is 21.3. The lowest BCUT2D eigenvalue weighted by Gasteiger charge is -2.24. The average Bonchev–Trinajstić information content (AvgIpc) is 3.08. The molecule has 1 N–H and O–H groups in total. The standard InChI is InChI=1S/C23H23N3O3S/c1-16-5-8-21(9-6-16)30(28,29)26-17(2)12-20-13-19(7-10-22(20)26)23(27)25-15-18-4-3-11-24-14-18/h3-11,13-14,17H,12,15H2,1-2H3,(H,25,27)/t17-/m0/s1. The molecule has 1 aliphatic rings. The Morgan fingerprint density at radius 2 is 1.93 bits per heavy atom. The van der Waals surface area contributed by atoms with Gasteiger partial charge < -0.3 is 5.32 Å². The second-order valence-electron chi connectivity index (χ2n) is 7.55. The van der Waals surface area contributed by atoms with Gasteiger partial charge in [-0.05, 0) is 67.8 Å². The molecule has 0 saturated heterocycles. The Balaban J connectivity index is 1.57. The van der Waals surface area contributed by atoms with Gasteiger partial charge in [0.2, 0.25) is 0 Å². The molecule has 0 spiro atoms. The van der Waals surface area contributed by atoms with Crippen molar-refractivity contribution in [1.29, 1.82) is 0 Å². The second kappa shape index (κ2) is 7.91. The van der Waals surface area contributed by atoms with Crippen LogP contribution in [0.15, 0.2) is 71.9 Å². The zero-order valence-corrected chi connectivity index (χ0v) is 17.7. The second-order valence-corrected chi connectivity index (χ2v) is 9.37. The van der Waals surface area contributed by atoms with Gasteiger partial charge in [0.25, 0.3) is 15.9 Å². The highest BCUT2D eigenvalue weighted by molar-refractivity contribution is 7.92. The summed E-state index contributed by atoms with van der Waals surface area (Å²) >= 11 is 0. The molecule has 1 atom stereocenters. The van der Waals surface area contributed by atoms with Gasteiger partial charge in [0, 0.05) is 30.5 Å². The predicted octanol–water partition coefficient (Wildman–Crippen LogP) is 3.46. The number of fused-ring (bicyclic) bond motifs is 1. The predicted molar refractivity (Wildman–Crippen MR) is 116 cm³/mol. The lowest BCUT2D eigenvalue weighted by atomic mass is 10.1. The summed E-state index contributed by atoms with van der Waals surface area (Å²) < 4.78 is 27.9. The molecular formula is C23H23N3O3S. The highest BCUT2D eigenvalue weighted by Gasteiger charge is 2.36. The third-order valence-corrected chi connectivity index (χ3v) is 7.19. The van der Waals surface area contributed by atoms with Crippen LogP contribution >= 0.6 is 0 Å². The molecule has 2 aromatic carbocycles. The molecular weight excluding hydrogens is 398 g/mol. The van der Waals surface area contributed by atoms with Crippen LogP contribution < -0.4 is 9.62 Å². The number of carbonyl (C=O) groups is 1. The Morgan fingerprint density at radius 3 is 2.63 bits per heavy atom. The van der Waals surface area contributed by atoms with E-state index in [0.29, 0.717) is 24.2 Å². The van der Waals surface area contributed by atoms with Gasteiger partial charge in [-0.3, -0.25) is 14.1 Å². The van der Waals surface area contributed by atoms with Crippen molar-refractivity contribution in [1.82, 2.24) is 10.3 Å². The molecule has 1 amide bonds. The van der Waals surface area contributed by atoms with E-state index >= 15 is 0 Å². The Morgan fingerprint density at radius 1 is 1.17 bits per heavy atom. The van der Waals surface area contributed by atoms with E-state index in [1.165, 1.54) is 4.31 Å². The number of hydrogen-bond acceptors (Lipinski definition) is 4. The molecule has 0 fully saturated rings. The Hall–Kier alpha value is -3.19. The Labute approximate surface area is 176 Å². The molecule has 7 heteroatoms. The first-order valence-corrected chi connectivity index (χ1v) is 11.2. The van der Waals surface area contributed by atoms with Crippen LogP contribution in [0.5, 0.6) is 0 Å². The minimum absolute atomic E-state index is 0.200. The van der Waals surface area contributed by atoms with E-state index in [2.05, 4.69) is 10.3 Å². The molecule has 2 heterocycles. The number of nitrogens with zero attached hydrogens (tertiary/aromatic N) is 2. The fourth-order valence-corrected chi connectivity index (χ4v) is 5.41. The van der Waals surface area contributed by atoms with Crippen molar-refractivity contribution in [3.8, 4) is 0 Å². The van der Waals surface area contributed by atoms with Crippen molar-refractivity contribution in [2.24, 2.45) is 0 Å².